The van der Waals surface area contributed by atoms with Crippen molar-refractivity contribution < 1.29 is 14.3 Å². The Morgan fingerprint density at radius 3 is 2.43 bits per heavy atom. The second-order valence-electron chi connectivity index (χ2n) is 5.31. The summed E-state index contributed by atoms with van der Waals surface area (Å²) in [6, 6.07) is 12.3. The lowest BCUT2D eigenvalue weighted by Crippen LogP contribution is -2.07. The topological polar surface area (TPSA) is 61.5 Å². The van der Waals surface area contributed by atoms with Crippen LogP contribution in [0, 0.1) is 0 Å². The number of anilines is 1. The number of hydrogen-bond acceptors (Lipinski definition) is 4. The van der Waals surface area contributed by atoms with Crippen molar-refractivity contribution in [3.05, 3.63) is 53.6 Å². The largest absolute Gasteiger partial charge is 0.493 e. The molecule has 0 spiro atoms. The van der Waals surface area contributed by atoms with Crippen molar-refractivity contribution in [1.29, 1.82) is 0 Å². The molecule has 23 heavy (non-hydrogen) atoms. The predicted molar refractivity (Wildman–Crippen MR) is 92.3 cm³/mol. The molecule has 4 nitrogen and oxygen atoms in total. The molecule has 2 rings (SSSR count). The fourth-order valence-electron chi connectivity index (χ4n) is 2.17. The first kappa shape index (κ1) is 16.9. The normalized spacial score (nSPS) is 10.3. The highest BCUT2D eigenvalue weighted by Gasteiger charge is 2.16. The molecule has 0 unspecified atom stereocenters. The van der Waals surface area contributed by atoms with Crippen molar-refractivity contribution in [3.63, 3.8) is 0 Å². The van der Waals surface area contributed by atoms with Crippen LogP contribution in [0.2, 0.25) is 0 Å². The van der Waals surface area contributed by atoms with E-state index in [-0.39, 0.29) is 5.78 Å². The number of nitrogens with two attached hydrogens (primary N) is 1. The van der Waals surface area contributed by atoms with Gasteiger partial charge in [0.1, 0.15) is 11.5 Å². The van der Waals surface area contributed by atoms with Crippen LogP contribution in [0.25, 0.3) is 0 Å². The fourth-order valence-corrected chi connectivity index (χ4v) is 2.17. The molecule has 0 bridgehead atoms. The number of benzene rings is 2. The Balaban J connectivity index is 2.33. The first-order chi connectivity index (χ1) is 11.2. The standard InChI is InChI=1S/C19H23NO3/c1-3-10-22-16-8-9-17(18(13-16)23-11-4-2)19(21)14-6-5-7-15(20)12-14/h5-9,12-13H,3-4,10-11,20H2,1-2H3. The summed E-state index contributed by atoms with van der Waals surface area (Å²) in [6.45, 7) is 5.26. The number of rotatable bonds is 8. The molecular weight excluding hydrogens is 290 g/mol. The lowest BCUT2D eigenvalue weighted by atomic mass is 10.0. The van der Waals surface area contributed by atoms with Crippen LogP contribution in [-0.2, 0) is 0 Å². The van der Waals surface area contributed by atoms with Crippen LogP contribution < -0.4 is 15.2 Å². The average Bonchev–Trinajstić information content (AvgIpc) is 2.57. The lowest BCUT2D eigenvalue weighted by Gasteiger charge is -2.13. The first-order valence-corrected chi connectivity index (χ1v) is 7.95. The zero-order valence-corrected chi connectivity index (χ0v) is 13.7. The van der Waals surface area contributed by atoms with Gasteiger partial charge in [-0.05, 0) is 37.1 Å². The molecule has 0 radical (unpaired) electrons. The maximum Gasteiger partial charge on any atom is 0.196 e. The average molecular weight is 313 g/mol. The highest BCUT2D eigenvalue weighted by atomic mass is 16.5. The molecular formula is C19H23NO3. The van der Waals surface area contributed by atoms with Gasteiger partial charge in [-0.1, -0.05) is 26.0 Å². The molecule has 0 heterocycles. The summed E-state index contributed by atoms with van der Waals surface area (Å²) in [5.74, 6) is 1.15. The molecule has 0 aromatic heterocycles. The highest BCUT2D eigenvalue weighted by molar-refractivity contribution is 6.11. The van der Waals surface area contributed by atoms with E-state index in [2.05, 4.69) is 0 Å². The monoisotopic (exact) mass is 313 g/mol. The third-order valence-corrected chi connectivity index (χ3v) is 3.28. The van der Waals surface area contributed by atoms with Gasteiger partial charge in [0, 0.05) is 17.3 Å². The van der Waals surface area contributed by atoms with Crippen LogP contribution in [0.5, 0.6) is 11.5 Å². The summed E-state index contributed by atoms with van der Waals surface area (Å²) < 4.78 is 11.4. The summed E-state index contributed by atoms with van der Waals surface area (Å²) >= 11 is 0. The summed E-state index contributed by atoms with van der Waals surface area (Å²) in [4.78, 5) is 12.7. The van der Waals surface area contributed by atoms with Crippen molar-refractivity contribution >= 4 is 11.5 Å². The molecule has 122 valence electrons. The van der Waals surface area contributed by atoms with Crippen LogP contribution in [0.1, 0.15) is 42.6 Å². The van der Waals surface area contributed by atoms with E-state index in [4.69, 9.17) is 15.2 Å². The number of nitrogen functional groups attached to an aromatic ring is 1. The summed E-state index contributed by atoms with van der Waals surface area (Å²) in [5.41, 5.74) is 7.40. The maximum absolute atomic E-state index is 12.7. The van der Waals surface area contributed by atoms with Gasteiger partial charge in [0.25, 0.3) is 0 Å². The molecule has 0 aliphatic rings. The predicted octanol–water partition coefficient (Wildman–Crippen LogP) is 4.08. The van der Waals surface area contributed by atoms with Gasteiger partial charge in [0.05, 0.1) is 18.8 Å². The minimum Gasteiger partial charge on any atom is -0.493 e. The lowest BCUT2D eigenvalue weighted by molar-refractivity contribution is 0.103. The second-order valence-corrected chi connectivity index (χ2v) is 5.31. The minimum atomic E-state index is -0.106. The number of carbonyl (C=O) groups is 1. The quantitative estimate of drug-likeness (QED) is 0.589. The van der Waals surface area contributed by atoms with E-state index < -0.39 is 0 Å². The Morgan fingerprint density at radius 1 is 1.00 bits per heavy atom. The number of ether oxygens (including phenoxy) is 2. The number of hydrogen-bond donors (Lipinski definition) is 1. The fraction of sp³-hybridized carbons (Fsp3) is 0.316. The summed E-state index contributed by atoms with van der Waals surface area (Å²) in [7, 11) is 0. The summed E-state index contributed by atoms with van der Waals surface area (Å²) in [6.07, 6.45) is 1.79. The van der Waals surface area contributed by atoms with E-state index >= 15 is 0 Å². The first-order valence-electron chi connectivity index (χ1n) is 7.95. The van der Waals surface area contributed by atoms with Crippen LogP contribution >= 0.6 is 0 Å². The van der Waals surface area contributed by atoms with Crippen LogP contribution in [-0.4, -0.2) is 19.0 Å². The highest BCUT2D eigenvalue weighted by Crippen LogP contribution is 2.28. The van der Waals surface area contributed by atoms with Gasteiger partial charge in [0.15, 0.2) is 5.78 Å². The Morgan fingerprint density at radius 2 is 1.74 bits per heavy atom. The van der Waals surface area contributed by atoms with Gasteiger partial charge in [-0.15, -0.1) is 0 Å². The van der Waals surface area contributed by atoms with Gasteiger partial charge < -0.3 is 15.2 Å². The summed E-state index contributed by atoms with van der Waals surface area (Å²) in [5, 5.41) is 0. The Hall–Kier alpha value is -2.49. The van der Waals surface area contributed by atoms with Gasteiger partial charge in [-0.25, -0.2) is 0 Å². The van der Waals surface area contributed by atoms with Gasteiger partial charge >= 0.3 is 0 Å². The molecule has 2 aromatic carbocycles. The zero-order chi connectivity index (χ0) is 16.7. The molecule has 0 aliphatic heterocycles. The molecule has 0 aliphatic carbocycles. The van der Waals surface area contributed by atoms with Crippen molar-refractivity contribution in [2.45, 2.75) is 26.7 Å². The van der Waals surface area contributed by atoms with Crippen LogP contribution in [0.3, 0.4) is 0 Å². The SMILES string of the molecule is CCCOc1ccc(C(=O)c2cccc(N)c2)c(OCCC)c1. The van der Waals surface area contributed by atoms with Crippen molar-refractivity contribution in [3.8, 4) is 11.5 Å². The minimum absolute atomic E-state index is 0.106. The molecule has 0 saturated carbocycles. The van der Waals surface area contributed by atoms with E-state index in [1.165, 1.54) is 0 Å². The molecule has 2 aromatic rings. The van der Waals surface area contributed by atoms with Crippen molar-refractivity contribution in [1.82, 2.24) is 0 Å². The molecule has 2 N–H and O–H groups in total. The van der Waals surface area contributed by atoms with E-state index in [0.717, 1.165) is 12.8 Å². The molecule has 0 atom stereocenters. The third kappa shape index (κ3) is 4.49. The second kappa shape index (κ2) is 8.22. The van der Waals surface area contributed by atoms with Gasteiger partial charge in [-0.2, -0.15) is 0 Å². The van der Waals surface area contributed by atoms with E-state index in [1.54, 1.807) is 42.5 Å². The number of ketones is 1. The molecule has 0 amide bonds. The van der Waals surface area contributed by atoms with Gasteiger partial charge in [0.2, 0.25) is 0 Å². The van der Waals surface area contributed by atoms with E-state index in [9.17, 15) is 4.79 Å². The van der Waals surface area contributed by atoms with Gasteiger partial charge in [-0.3, -0.25) is 4.79 Å². The third-order valence-electron chi connectivity index (χ3n) is 3.28. The zero-order valence-electron chi connectivity index (χ0n) is 13.7. The van der Waals surface area contributed by atoms with Crippen LogP contribution in [0.4, 0.5) is 5.69 Å². The van der Waals surface area contributed by atoms with Crippen LogP contribution in [0.15, 0.2) is 42.5 Å². The molecule has 0 saturated heterocycles. The van der Waals surface area contributed by atoms with E-state index in [0.29, 0.717) is 41.5 Å². The van der Waals surface area contributed by atoms with Crippen molar-refractivity contribution in [2.75, 3.05) is 18.9 Å². The smallest absolute Gasteiger partial charge is 0.196 e. The Kier molecular flexibility index (Phi) is 6.03. The Labute approximate surface area is 137 Å². The van der Waals surface area contributed by atoms with Crippen molar-refractivity contribution in [2.24, 2.45) is 0 Å². The number of carbonyl (C=O) groups excluding carboxylic acids is 1. The maximum atomic E-state index is 12.7. The van der Waals surface area contributed by atoms with E-state index in [1.807, 2.05) is 13.8 Å². The molecule has 4 heteroatoms. The Bertz CT molecular complexity index is 667. The molecule has 0 fully saturated rings.